The highest BCUT2D eigenvalue weighted by atomic mass is 32.1. The van der Waals surface area contributed by atoms with Crippen LogP contribution >= 0.6 is 22.7 Å². The SMILES string of the molecule is CCOC(=O)c1sc2nc(NC(=O)c3ccc(F)cc3)sc2c1C. The predicted octanol–water partition coefficient (Wildman–Crippen LogP) is 4.23. The van der Waals surface area contributed by atoms with E-state index in [9.17, 15) is 14.0 Å². The molecule has 8 heteroatoms. The molecular weight excluding hydrogens is 351 g/mol. The molecule has 0 fully saturated rings. The molecule has 2 aromatic heterocycles. The fourth-order valence-electron chi connectivity index (χ4n) is 2.10. The summed E-state index contributed by atoms with van der Waals surface area (Å²) < 4.78 is 18.8. The van der Waals surface area contributed by atoms with E-state index >= 15 is 0 Å². The van der Waals surface area contributed by atoms with Crippen molar-refractivity contribution in [3.8, 4) is 0 Å². The third-order valence-corrected chi connectivity index (χ3v) is 5.65. The lowest BCUT2D eigenvalue weighted by Crippen LogP contribution is -2.11. The Labute approximate surface area is 145 Å². The molecule has 1 amide bonds. The number of fused-ring (bicyclic) bond motifs is 1. The number of esters is 1. The van der Waals surface area contributed by atoms with E-state index in [1.54, 1.807) is 6.92 Å². The highest BCUT2D eigenvalue weighted by Crippen LogP contribution is 2.37. The number of rotatable bonds is 4. The quantitative estimate of drug-likeness (QED) is 0.703. The van der Waals surface area contributed by atoms with Gasteiger partial charge in [-0.05, 0) is 43.7 Å². The maximum absolute atomic E-state index is 12.9. The monoisotopic (exact) mass is 364 g/mol. The molecule has 24 heavy (non-hydrogen) atoms. The molecule has 0 bridgehead atoms. The van der Waals surface area contributed by atoms with Gasteiger partial charge in [0.05, 0.1) is 11.3 Å². The summed E-state index contributed by atoms with van der Waals surface area (Å²) in [7, 11) is 0. The Balaban J connectivity index is 1.82. The lowest BCUT2D eigenvalue weighted by Gasteiger charge is -2.01. The van der Waals surface area contributed by atoms with E-state index in [1.165, 1.54) is 46.9 Å². The Morgan fingerprint density at radius 3 is 2.58 bits per heavy atom. The summed E-state index contributed by atoms with van der Waals surface area (Å²) in [5.41, 5.74) is 1.15. The van der Waals surface area contributed by atoms with Crippen LogP contribution in [0.5, 0.6) is 0 Å². The number of thiophene rings is 1. The van der Waals surface area contributed by atoms with Gasteiger partial charge in [0, 0.05) is 5.56 Å². The summed E-state index contributed by atoms with van der Waals surface area (Å²) in [6.45, 7) is 3.90. The second-order valence-electron chi connectivity index (χ2n) is 4.89. The zero-order valence-electron chi connectivity index (χ0n) is 12.9. The van der Waals surface area contributed by atoms with Crippen molar-refractivity contribution in [2.75, 3.05) is 11.9 Å². The first-order valence-electron chi connectivity index (χ1n) is 7.13. The zero-order valence-corrected chi connectivity index (χ0v) is 14.5. The van der Waals surface area contributed by atoms with E-state index in [0.29, 0.717) is 27.0 Å². The van der Waals surface area contributed by atoms with Gasteiger partial charge in [0.1, 0.15) is 15.5 Å². The van der Waals surface area contributed by atoms with Gasteiger partial charge >= 0.3 is 5.97 Å². The number of nitrogens with zero attached hydrogens (tertiary/aromatic N) is 1. The van der Waals surface area contributed by atoms with Gasteiger partial charge in [-0.2, -0.15) is 0 Å². The van der Waals surface area contributed by atoms with Crippen molar-refractivity contribution >= 4 is 49.2 Å². The van der Waals surface area contributed by atoms with Gasteiger partial charge in [-0.1, -0.05) is 11.3 Å². The summed E-state index contributed by atoms with van der Waals surface area (Å²) in [5, 5.41) is 3.13. The van der Waals surface area contributed by atoms with E-state index in [4.69, 9.17) is 4.74 Å². The van der Waals surface area contributed by atoms with E-state index in [0.717, 1.165) is 10.3 Å². The largest absolute Gasteiger partial charge is 0.462 e. The van der Waals surface area contributed by atoms with Crippen LogP contribution in [0.3, 0.4) is 0 Å². The Kier molecular flexibility index (Phi) is 4.59. The van der Waals surface area contributed by atoms with Crippen LogP contribution in [0.25, 0.3) is 9.53 Å². The number of halogens is 1. The van der Waals surface area contributed by atoms with Crippen LogP contribution < -0.4 is 5.32 Å². The molecule has 0 spiro atoms. The van der Waals surface area contributed by atoms with Gasteiger partial charge in [-0.25, -0.2) is 14.2 Å². The first-order chi connectivity index (χ1) is 11.5. The average molecular weight is 364 g/mol. The second kappa shape index (κ2) is 6.66. The summed E-state index contributed by atoms with van der Waals surface area (Å²) in [6.07, 6.45) is 0. The lowest BCUT2D eigenvalue weighted by atomic mass is 10.2. The molecule has 3 aromatic rings. The van der Waals surface area contributed by atoms with E-state index in [-0.39, 0.29) is 11.9 Å². The van der Waals surface area contributed by atoms with Crippen LogP contribution in [-0.2, 0) is 4.74 Å². The number of ether oxygens (including phenoxy) is 1. The highest BCUT2D eigenvalue weighted by molar-refractivity contribution is 7.30. The van der Waals surface area contributed by atoms with Crippen molar-refractivity contribution < 1.29 is 18.7 Å². The minimum Gasteiger partial charge on any atom is -0.462 e. The Morgan fingerprint density at radius 1 is 1.25 bits per heavy atom. The minimum absolute atomic E-state index is 0.316. The number of benzene rings is 1. The van der Waals surface area contributed by atoms with E-state index in [2.05, 4.69) is 10.3 Å². The van der Waals surface area contributed by atoms with Crippen molar-refractivity contribution in [3.05, 3.63) is 46.1 Å². The molecule has 2 heterocycles. The Bertz CT molecular complexity index is 915. The minimum atomic E-state index is -0.400. The summed E-state index contributed by atoms with van der Waals surface area (Å²) in [5.74, 6) is -1.12. The van der Waals surface area contributed by atoms with Crippen LogP contribution in [-0.4, -0.2) is 23.5 Å². The number of nitrogens with one attached hydrogen (secondary N) is 1. The number of anilines is 1. The summed E-state index contributed by atoms with van der Waals surface area (Å²) >= 11 is 2.53. The zero-order chi connectivity index (χ0) is 17.3. The van der Waals surface area contributed by atoms with Gasteiger partial charge in [0.15, 0.2) is 5.13 Å². The van der Waals surface area contributed by atoms with Crippen molar-refractivity contribution in [3.63, 3.8) is 0 Å². The average Bonchev–Trinajstić information content (AvgIpc) is 3.07. The molecule has 0 radical (unpaired) electrons. The second-order valence-corrected chi connectivity index (χ2v) is 6.89. The van der Waals surface area contributed by atoms with Gasteiger partial charge in [-0.3, -0.25) is 10.1 Å². The summed E-state index contributed by atoms with van der Waals surface area (Å²) in [6, 6.07) is 5.27. The fourth-order valence-corrected chi connectivity index (χ4v) is 4.31. The van der Waals surface area contributed by atoms with Crippen molar-refractivity contribution in [2.45, 2.75) is 13.8 Å². The molecule has 0 aliphatic rings. The number of hydrogen-bond donors (Lipinski definition) is 1. The van der Waals surface area contributed by atoms with Crippen LogP contribution in [0.1, 0.15) is 32.5 Å². The maximum Gasteiger partial charge on any atom is 0.348 e. The number of amides is 1. The molecule has 5 nitrogen and oxygen atoms in total. The van der Waals surface area contributed by atoms with Gasteiger partial charge in [-0.15, -0.1) is 11.3 Å². The smallest absolute Gasteiger partial charge is 0.348 e. The Hall–Kier alpha value is -2.32. The first kappa shape index (κ1) is 16.5. The number of carbonyl (C=O) groups is 2. The van der Waals surface area contributed by atoms with Crippen LogP contribution in [0.2, 0.25) is 0 Å². The Morgan fingerprint density at radius 2 is 1.96 bits per heavy atom. The standard InChI is InChI=1S/C16H13FN2O3S2/c1-3-22-15(21)12-8(2)11-14(23-12)19-16(24-11)18-13(20)9-4-6-10(17)7-5-9/h4-7H,3H2,1-2H3,(H,18,19,20). The number of aromatic nitrogens is 1. The predicted molar refractivity (Wildman–Crippen MR) is 92.5 cm³/mol. The maximum atomic E-state index is 12.9. The topological polar surface area (TPSA) is 68.3 Å². The molecule has 1 N–H and O–H groups in total. The third-order valence-electron chi connectivity index (χ3n) is 3.26. The first-order valence-corrected chi connectivity index (χ1v) is 8.77. The van der Waals surface area contributed by atoms with Gasteiger partial charge in [0.25, 0.3) is 5.91 Å². The normalized spacial score (nSPS) is 10.8. The van der Waals surface area contributed by atoms with E-state index < -0.39 is 5.82 Å². The van der Waals surface area contributed by atoms with Crippen LogP contribution in [0, 0.1) is 12.7 Å². The molecule has 0 aliphatic carbocycles. The molecular formula is C16H13FN2O3S2. The van der Waals surface area contributed by atoms with Crippen LogP contribution in [0.4, 0.5) is 9.52 Å². The molecule has 0 saturated carbocycles. The number of thiazole rings is 1. The molecule has 0 unspecified atom stereocenters. The van der Waals surface area contributed by atoms with Crippen molar-refractivity contribution in [1.82, 2.24) is 4.98 Å². The molecule has 0 aliphatic heterocycles. The summed E-state index contributed by atoms with van der Waals surface area (Å²) in [4.78, 5) is 29.6. The van der Waals surface area contributed by atoms with Crippen molar-refractivity contribution in [1.29, 1.82) is 0 Å². The van der Waals surface area contributed by atoms with E-state index in [1.807, 2.05) is 6.92 Å². The highest BCUT2D eigenvalue weighted by Gasteiger charge is 2.20. The molecule has 3 rings (SSSR count). The van der Waals surface area contributed by atoms with Gasteiger partial charge < -0.3 is 4.74 Å². The van der Waals surface area contributed by atoms with Crippen LogP contribution in [0.15, 0.2) is 24.3 Å². The third kappa shape index (κ3) is 3.15. The molecule has 0 atom stereocenters. The fraction of sp³-hybridized carbons (Fsp3) is 0.188. The van der Waals surface area contributed by atoms with Crippen molar-refractivity contribution in [2.24, 2.45) is 0 Å². The number of aryl methyl sites for hydroxylation is 1. The molecule has 1 aromatic carbocycles. The lowest BCUT2D eigenvalue weighted by molar-refractivity contribution is 0.0531. The number of hydrogen-bond acceptors (Lipinski definition) is 6. The number of carbonyl (C=O) groups excluding carboxylic acids is 2. The van der Waals surface area contributed by atoms with Gasteiger partial charge in [0.2, 0.25) is 0 Å². The molecule has 0 saturated heterocycles. The molecule has 124 valence electrons.